The molecule has 3 rings (SSSR count). The zero-order valence-corrected chi connectivity index (χ0v) is 12.4. The highest BCUT2D eigenvalue weighted by atomic mass is 79.9. The highest BCUT2D eigenvalue weighted by Gasteiger charge is 2.10. The van der Waals surface area contributed by atoms with Crippen molar-refractivity contribution in [1.82, 2.24) is 19.7 Å². The molecule has 0 spiro atoms. The Morgan fingerprint density at radius 1 is 1.24 bits per heavy atom. The van der Waals surface area contributed by atoms with E-state index in [1.807, 2.05) is 24.3 Å². The molecule has 0 saturated carbocycles. The summed E-state index contributed by atoms with van der Waals surface area (Å²) in [5.74, 6) is -0.217. The number of hydrogen-bond acceptors (Lipinski definition) is 4. The molecule has 2 aromatic heterocycles. The fourth-order valence-electron chi connectivity index (χ4n) is 1.85. The third kappa shape index (κ3) is 2.97. The molecular formula is C14H10BrN5O. The molecule has 7 heteroatoms. The van der Waals surface area contributed by atoms with Crippen molar-refractivity contribution in [3.8, 4) is 5.69 Å². The second-order valence-electron chi connectivity index (χ2n) is 4.18. The summed E-state index contributed by atoms with van der Waals surface area (Å²) in [7, 11) is 0. The van der Waals surface area contributed by atoms with Gasteiger partial charge in [0, 0.05) is 11.8 Å². The van der Waals surface area contributed by atoms with E-state index in [1.165, 1.54) is 6.33 Å². The van der Waals surface area contributed by atoms with Gasteiger partial charge in [0.25, 0.3) is 5.91 Å². The lowest BCUT2D eigenvalue weighted by molar-refractivity contribution is 0.102. The number of hydrogen-bond donors (Lipinski definition) is 1. The van der Waals surface area contributed by atoms with Crippen molar-refractivity contribution in [2.45, 2.75) is 0 Å². The number of halogens is 1. The van der Waals surface area contributed by atoms with Crippen molar-refractivity contribution in [3.63, 3.8) is 0 Å². The van der Waals surface area contributed by atoms with Gasteiger partial charge in [-0.25, -0.2) is 14.6 Å². The Morgan fingerprint density at radius 3 is 2.86 bits per heavy atom. The second kappa shape index (κ2) is 5.84. The van der Waals surface area contributed by atoms with E-state index in [4.69, 9.17) is 0 Å². The molecule has 0 atom stereocenters. The molecule has 0 aliphatic carbocycles. The zero-order valence-electron chi connectivity index (χ0n) is 10.8. The minimum Gasteiger partial charge on any atom is -0.320 e. The number of para-hydroxylation sites is 2. The first kappa shape index (κ1) is 13.4. The first-order valence-corrected chi connectivity index (χ1v) is 6.90. The van der Waals surface area contributed by atoms with Gasteiger partial charge in [-0.05, 0) is 40.2 Å². The Morgan fingerprint density at radius 2 is 2.10 bits per heavy atom. The number of carbonyl (C=O) groups is 1. The van der Waals surface area contributed by atoms with Crippen molar-refractivity contribution in [3.05, 3.63) is 65.4 Å². The third-order valence-electron chi connectivity index (χ3n) is 2.81. The Balaban J connectivity index is 1.90. The van der Waals surface area contributed by atoms with Crippen LogP contribution in [0.2, 0.25) is 0 Å². The highest BCUT2D eigenvalue weighted by molar-refractivity contribution is 9.10. The van der Waals surface area contributed by atoms with Gasteiger partial charge in [0.05, 0.1) is 11.4 Å². The van der Waals surface area contributed by atoms with Crippen LogP contribution >= 0.6 is 15.9 Å². The number of pyridine rings is 1. The molecule has 1 amide bonds. The minimum absolute atomic E-state index is 0.217. The maximum absolute atomic E-state index is 12.3. The number of anilines is 1. The number of amides is 1. The topological polar surface area (TPSA) is 72.7 Å². The van der Waals surface area contributed by atoms with Crippen molar-refractivity contribution in [1.29, 1.82) is 0 Å². The second-order valence-corrected chi connectivity index (χ2v) is 4.99. The van der Waals surface area contributed by atoms with Crippen molar-refractivity contribution >= 4 is 27.5 Å². The predicted octanol–water partition coefficient (Wildman–Crippen LogP) is 2.68. The van der Waals surface area contributed by atoms with E-state index >= 15 is 0 Å². The third-order valence-corrected chi connectivity index (χ3v) is 3.24. The van der Waals surface area contributed by atoms with Gasteiger partial charge in [0.2, 0.25) is 0 Å². The Kier molecular flexibility index (Phi) is 3.74. The smallest absolute Gasteiger partial charge is 0.255 e. The zero-order chi connectivity index (χ0) is 14.7. The van der Waals surface area contributed by atoms with E-state index in [2.05, 4.69) is 36.3 Å². The number of nitrogens with zero attached hydrogens (tertiary/aromatic N) is 4. The summed E-state index contributed by atoms with van der Waals surface area (Å²) < 4.78 is 2.21. The summed E-state index contributed by atoms with van der Waals surface area (Å²) in [5.41, 5.74) is 1.92. The number of carbonyl (C=O) groups excluding carboxylic acids is 1. The molecular weight excluding hydrogens is 334 g/mol. The first-order valence-electron chi connectivity index (χ1n) is 6.11. The van der Waals surface area contributed by atoms with E-state index in [0.717, 1.165) is 5.69 Å². The van der Waals surface area contributed by atoms with Gasteiger partial charge in [0.15, 0.2) is 0 Å². The maximum Gasteiger partial charge on any atom is 0.255 e. The quantitative estimate of drug-likeness (QED) is 0.742. The molecule has 2 heterocycles. The largest absolute Gasteiger partial charge is 0.320 e. The van der Waals surface area contributed by atoms with Crippen molar-refractivity contribution in [2.75, 3.05) is 5.32 Å². The van der Waals surface area contributed by atoms with Gasteiger partial charge < -0.3 is 5.32 Å². The lowest BCUT2D eigenvalue weighted by atomic mass is 10.2. The lowest BCUT2D eigenvalue weighted by Crippen LogP contribution is -2.14. The number of aromatic nitrogens is 4. The van der Waals surface area contributed by atoms with Gasteiger partial charge >= 0.3 is 0 Å². The summed E-state index contributed by atoms with van der Waals surface area (Å²) in [6.45, 7) is 0. The van der Waals surface area contributed by atoms with Crippen LogP contribution in [0.4, 0.5) is 5.69 Å². The maximum atomic E-state index is 12.3. The van der Waals surface area contributed by atoms with Crippen molar-refractivity contribution in [2.24, 2.45) is 0 Å². The van der Waals surface area contributed by atoms with Crippen LogP contribution in [0.1, 0.15) is 10.4 Å². The normalized spacial score (nSPS) is 10.3. The molecule has 3 aromatic rings. The predicted molar refractivity (Wildman–Crippen MR) is 81.2 cm³/mol. The van der Waals surface area contributed by atoms with E-state index in [0.29, 0.717) is 15.9 Å². The summed E-state index contributed by atoms with van der Waals surface area (Å²) in [6.07, 6.45) is 4.59. The van der Waals surface area contributed by atoms with E-state index < -0.39 is 0 Å². The Labute approximate surface area is 129 Å². The van der Waals surface area contributed by atoms with Crippen LogP contribution in [0.15, 0.2) is 59.9 Å². The molecule has 0 saturated heterocycles. The van der Waals surface area contributed by atoms with Crippen molar-refractivity contribution < 1.29 is 4.79 Å². The summed E-state index contributed by atoms with van der Waals surface area (Å²) >= 11 is 3.25. The van der Waals surface area contributed by atoms with Crippen LogP contribution < -0.4 is 5.32 Å². The fourth-order valence-corrected chi connectivity index (χ4v) is 2.21. The number of rotatable bonds is 3. The highest BCUT2D eigenvalue weighted by Crippen LogP contribution is 2.20. The van der Waals surface area contributed by atoms with Crippen LogP contribution in [0.25, 0.3) is 5.69 Å². The van der Waals surface area contributed by atoms with E-state index in [1.54, 1.807) is 29.3 Å². The molecule has 0 radical (unpaired) electrons. The van der Waals surface area contributed by atoms with Crippen LogP contribution in [0.5, 0.6) is 0 Å². The van der Waals surface area contributed by atoms with Crippen LogP contribution in [-0.4, -0.2) is 25.7 Å². The molecule has 0 bridgehead atoms. The molecule has 1 aromatic carbocycles. The molecule has 6 nitrogen and oxygen atoms in total. The minimum atomic E-state index is -0.217. The molecule has 21 heavy (non-hydrogen) atoms. The van der Waals surface area contributed by atoms with Crippen LogP contribution in [-0.2, 0) is 0 Å². The van der Waals surface area contributed by atoms with Gasteiger partial charge in [-0.15, -0.1) is 0 Å². The van der Waals surface area contributed by atoms with Gasteiger partial charge in [-0.2, -0.15) is 5.10 Å². The van der Waals surface area contributed by atoms with Crippen LogP contribution in [0.3, 0.4) is 0 Å². The van der Waals surface area contributed by atoms with Gasteiger partial charge in [0.1, 0.15) is 17.3 Å². The first-order chi connectivity index (χ1) is 10.2. The number of nitrogens with one attached hydrogen (secondary N) is 1. The van der Waals surface area contributed by atoms with Gasteiger partial charge in [-0.1, -0.05) is 12.1 Å². The SMILES string of the molecule is O=C(Nc1ccccc1-n1cncn1)c1ccnc(Br)c1. The molecule has 0 fully saturated rings. The van der Waals surface area contributed by atoms with Crippen LogP contribution in [0, 0.1) is 0 Å². The molecule has 104 valence electrons. The molecule has 0 aliphatic rings. The average Bonchev–Trinajstić information content (AvgIpc) is 3.02. The standard InChI is InChI=1S/C14H10BrN5O/c15-13-7-10(5-6-17-13)14(21)19-11-3-1-2-4-12(11)20-9-16-8-18-20/h1-9H,(H,19,21). The van der Waals surface area contributed by atoms with E-state index in [-0.39, 0.29) is 5.91 Å². The summed E-state index contributed by atoms with van der Waals surface area (Å²) in [4.78, 5) is 20.2. The molecule has 1 N–H and O–H groups in total. The lowest BCUT2D eigenvalue weighted by Gasteiger charge is -2.10. The monoisotopic (exact) mass is 343 g/mol. The summed E-state index contributed by atoms with van der Waals surface area (Å²) in [5, 5.41) is 6.94. The average molecular weight is 344 g/mol. The molecule has 0 aliphatic heterocycles. The van der Waals surface area contributed by atoms with E-state index in [9.17, 15) is 4.79 Å². The Bertz CT molecular complexity index is 773. The molecule has 0 unspecified atom stereocenters. The number of benzene rings is 1. The Hall–Kier alpha value is -2.54. The van der Waals surface area contributed by atoms with Gasteiger partial charge in [-0.3, -0.25) is 4.79 Å². The summed E-state index contributed by atoms with van der Waals surface area (Å²) in [6, 6.07) is 10.7. The fraction of sp³-hybridized carbons (Fsp3) is 0.